The van der Waals surface area contributed by atoms with Crippen molar-refractivity contribution >= 4 is 12.2 Å². The van der Waals surface area contributed by atoms with Crippen molar-refractivity contribution in [2.24, 2.45) is 7.05 Å². The maximum absolute atomic E-state index is 5.06. The van der Waals surface area contributed by atoms with Crippen LogP contribution in [-0.4, -0.2) is 14.8 Å². The number of rotatable bonds is 1. The molecule has 0 spiro atoms. The van der Waals surface area contributed by atoms with E-state index in [1.54, 1.807) is 10.9 Å². The van der Waals surface area contributed by atoms with Crippen LogP contribution in [0.1, 0.15) is 0 Å². The van der Waals surface area contributed by atoms with Gasteiger partial charge < -0.3 is 4.98 Å². The van der Waals surface area contributed by atoms with Gasteiger partial charge >= 0.3 is 0 Å². The minimum atomic E-state index is 0.831. The van der Waals surface area contributed by atoms with Crippen molar-refractivity contribution in [2.45, 2.75) is 0 Å². The predicted octanol–water partition coefficient (Wildman–Crippen LogP) is 2.14. The van der Waals surface area contributed by atoms with Crippen LogP contribution in [-0.2, 0) is 7.05 Å². The van der Waals surface area contributed by atoms with Crippen LogP contribution in [0.3, 0.4) is 0 Å². The van der Waals surface area contributed by atoms with E-state index in [2.05, 4.69) is 10.1 Å². The molecule has 0 saturated heterocycles. The monoisotopic (exact) mass is 191 g/mol. The second kappa shape index (κ2) is 3.14. The summed E-state index contributed by atoms with van der Waals surface area (Å²) in [6, 6.07) is 3.78. The topological polar surface area (TPSA) is 33.6 Å². The Labute approximate surface area is 81.0 Å². The molecule has 0 aromatic carbocycles. The van der Waals surface area contributed by atoms with Crippen LogP contribution in [0.5, 0.6) is 0 Å². The second-order valence-corrected chi connectivity index (χ2v) is 3.31. The van der Waals surface area contributed by atoms with Crippen molar-refractivity contribution < 1.29 is 0 Å². The molecule has 0 aliphatic carbocycles. The van der Waals surface area contributed by atoms with Crippen LogP contribution in [0.15, 0.2) is 30.7 Å². The first kappa shape index (κ1) is 8.19. The average molecular weight is 191 g/mol. The summed E-state index contributed by atoms with van der Waals surface area (Å²) < 4.78 is 2.59. The number of H-pyrrole nitrogens is 1. The summed E-state index contributed by atoms with van der Waals surface area (Å²) >= 11 is 5.06. The number of pyridine rings is 1. The zero-order valence-corrected chi connectivity index (χ0v) is 8.01. The van der Waals surface area contributed by atoms with E-state index in [1.807, 2.05) is 31.6 Å². The van der Waals surface area contributed by atoms with E-state index < -0.39 is 0 Å². The highest BCUT2D eigenvalue weighted by Gasteiger charge is 1.98. The van der Waals surface area contributed by atoms with Gasteiger partial charge in [0.25, 0.3) is 0 Å². The molecular weight excluding hydrogens is 182 g/mol. The predicted molar refractivity (Wildman–Crippen MR) is 53.8 cm³/mol. The number of hydrogen-bond donors (Lipinski definition) is 1. The Morgan fingerprint density at radius 3 is 3.00 bits per heavy atom. The molecule has 1 N–H and O–H groups in total. The van der Waals surface area contributed by atoms with Crippen LogP contribution in [0.2, 0.25) is 0 Å². The molecule has 0 fully saturated rings. The fourth-order valence-electron chi connectivity index (χ4n) is 1.17. The maximum Gasteiger partial charge on any atom is 0.0583 e. The molecule has 0 aliphatic heterocycles. The lowest BCUT2D eigenvalue weighted by atomic mass is 10.2. The second-order valence-electron chi connectivity index (χ2n) is 2.84. The summed E-state index contributed by atoms with van der Waals surface area (Å²) in [5.74, 6) is 0. The summed E-state index contributed by atoms with van der Waals surface area (Å²) in [6.45, 7) is 0. The number of aryl methyl sites for hydroxylation is 1. The third-order valence-corrected chi connectivity index (χ3v) is 2.04. The summed E-state index contributed by atoms with van der Waals surface area (Å²) in [7, 11) is 1.89. The van der Waals surface area contributed by atoms with Gasteiger partial charge in [-0.15, -0.1) is 0 Å². The van der Waals surface area contributed by atoms with E-state index in [9.17, 15) is 0 Å². The van der Waals surface area contributed by atoms with Crippen LogP contribution in [0, 0.1) is 4.51 Å². The number of hydrogen-bond acceptors (Lipinski definition) is 2. The lowest BCUT2D eigenvalue weighted by Gasteiger charge is -1.95. The Bertz CT molecular complexity index is 469. The molecule has 0 radical (unpaired) electrons. The minimum absolute atomic E-state index is 0.831. The van der Waals surface area contributed by atoms with Gasteiger partial charge in [-0.1, -0.05) is 12.2 Å². The third kappa shape index (κ3) is 1.67. The molecule has 2 heterocycles. The van der Waals surface area contributed by atoms with Crippen molar-refractivity contribution in [2.75, 3.05) is 0 Å². The zero-order valence-electron chi connectivity index (χ0n) is 7.19. The average Bonchev–Trinajstić information content (AvgIpc) is 2.52. The summed E-state index contributed by atoms with van der Waals surface area (Å²) in [4.78, 5) is 3.12. The van der Waals surface area contributed by atoms with E-state index in [-0.39, 0.29) is 0 Å². The van der Waals surface area contributed by atoms with Crippen molar-refractivity contribution in [3.05, 3.63) is 35.2 Å². The molecule has 0 atom stereocenters. The minimum Gasteiger partial charge on any atom is -0.361 e. The van der Waals surface area contributed by atoms with Gasteiger partial charge in [0, 0.05) is 35.2 Å². The molecule has 2 rings (SSSR count). The molecule has 2 aromatic rings. The lowest BCUT2D eigenvalue weighted by molar-refractivity contribution is 0.768. The van der Waals surface area contributed by atoms with Gasteiger partial charge in [-0.3, -0.25) is 4.68 Å². The summed E-state index contributed by atoms with van der Waals surface area (Å²) in [5.41, 5.74) is 2.05. The van der Waals surface area contributed by atoms with Crippen LogP contribution in [0.4, 0.5) is 0 Å². The van der Waals surface area contributed by atoms with E-state index >= 15 is 0 Å². The number of aromatic amines is 1. The summed E-state index contributed by atoms with van der Waals surface area (Å²) in [6.07, 6.45) is 5.59. The lowest BCUT2D eigenvalue weighted by Crippen LogP contribution is -1.84. The number of nitrogens with zero attached hydrogens (tertiary/aromatic N) is 2. The Morgan fingerprint density at radius 2 is 2.38 bits per heavy atom. The summed E-state index contributed by atoms with van der Waals surface area (Å²) in [5, 5.41) is 4.09. The van der Waals surface area contributed by atoms with Gasteiger partial charge in [-0.05, 0) is 12.1 Å². The maximum atomic E-state index is 5.06. The Kier molecular flexibility index (Phi) is 1.98. The van der Waals surface area contributed by atoms with Crippen molar-refractivity contribution in [3.8, 4) is 11.3 Å². The smallest absolute Gasteiger partial charge is 0.0583 e. The highest BCUT2D eigenvalue weighted by atomic mass is 32.1. The first-order valence-corrected chi connectivity index (χ1v) is 4.34. The highest BCUT2D eigenvalue weighted by molar-refractivity contribution is 7.71. The van der Waals surface area contributed by atoms with Gasteiger partial charge in [0.15, 0.2) is 0 Å². The van der Waals surface area contributed by atoms with Gasteiger partial charge in [0.05, 0.1) is 6.20 Å². The van der Waals surface area contributed by atoms with Gasteiger partial charge in [0.1, 0.15) is 0 Å². The molecule has 66 valence electrons. The number of nitrogens with one attached hydrogen (secondary N) is 1. The zero-order chi connectivity index (χ0) is 9.26. The molecule has 13 heavy (non-hydrogen) atoms. The Hall–Kier alpha value is -1.42. The van der Waals surface area contributed by atoms with Crippen LogP contribution >= 0.6 is 12.2 Å². The molecule has 2 aromatic heterocycles. The normalized spacial score (nSPS) is 10.2. The largest absolute Gasteiger partial charge is 0.361 e. The Morgan fingerprint density at radius 1 is 1.54 bits per heavy atom. The molecular formula is C9H9N3S. The van der Waals surface area contributed by atoms with Gasteiger partial charge in [-0.2, -0.15) is 5.10 Å². The van der Waals surface area contributed by atoms with Crippen LogP contribution < -0.4 is 0 Å². The van der Waals surface area contributed by atoms with Gasteiger partial charge in [0.2, 0.25) is 0 Å². The van der Waals surface area contributed by atoms with Crippen molar-refractivity contribution in [1.82, 2.24) is 14.8 Å². The van der Waals surface area contributed by atoms with E-state index in [1.165, 1.54) is 0 Å². The first-order valence-electron chi connectivity index (χ1n) is 3.93. The molecule has 0 aliphatic rings. The number of aromatic nitrogens is 3. The van der Waals surface area contributed by atoms with Crippen LogP contribution in [0.25, 0.3) is 11.3 Å². The molecule has 0 bridgehead atoms. The fourth-order valence-corrected chi connectivity index (χ4v) is 1.36. The van der Waals surface area contributed by atoms with E-state index in [0.717, 1.165) is 15.8 Å². The van der Waals surface area contributed by atoms with E-state index in [4.69, 9.17) is 12.2 Å². The molecule has 3 nitrogen and oxygen atoms in total. The first-order chi connectivity index (χ1) is 6.25. The van der Waals surface area contributed by atoms with Gasteiger partial charge in [-0.25, -0.2) is 0 Å². The molecule has 0 unspecified atom stereocenters. The highest BCUT2D eigenvalue weighted by Crippen LogP contribution is 2.14. The van der Waals surface area contributed by atoms with E-state index in [0.29, 0.717) is 0 Å². The molecule has 0 amide bonds. The SMILES string of the molecule is Cn1cc(-c2cc(=S)cc[nH]2)cn1. The molecule has 0 saturated carbocycles. The third-order valence-electron chi connectivity index (χ3n) is 1.79. The van der Waals surface area contributed by atoms with Crippen molar-refractivity contribution in [3.63, 3.8) is 0 Å². The standard InChI is InChI=1S/C9H9N3S/c1-12-6-7(5-11-12)9-4-8(13)2-3-10-9/h2-6H,1H3,(H,10,13). The quantitative estimate of drug-likeness (QED) is 0.701. The Balaban J connectivity index is 2.52. The van der Waals surface area contributed by atoms with Crippen molar-refractivity contribution in [1.29, 1.82) is 0 Å². The fraction of sp³-hybridized carbons (Fsp3) is 0.111. The molecule has 4 heteroatoms.